The van der Waals surface area contributed by atoms with Gasteiger partial charge in [-0.3, -0.25) is 0 Å². The number of ether oxygens (including phenoxy) is 2. The summed E-state index contributed by atoms with van der Waals surface area (Å²) in [6.07, 6.45) is 0. The molecule has 0 saturated carbocycles. The smallest absolute Gasteiger partial charge is 0.142 e. The van der Waals surface area contributed by atoms with Crippen molar-refractivity contribution in [3.05, 3.63) is 52.5 Å². The van der Waals surface area contributed by atoms with E-state index in [0.29, 0.717) is 11.6 Å². The third-order valence-electron chi connectivity index (χ3n) is 3.11. The first kappa shape index (κ1) is 14.5. The van der Waals surface area contributed by atoms with Crippen molar-refractivity contribution in [3.8, 4) is 11.5 Å². The maximum atomic E-state index is 6.22. The molecule has 1 N–H and O–H groups in total. The first-order valence-electron chi connectivity index (χ1n) is 6.35. The molecule has 3 nitrogen and oxygen atoms in total. The lowest BCUT2D eigenvalue weighted by molar-refractivity contribution is 0.409. The Hall–Kier alpha value is -1.87. The summed E-state index contributed by atoms with van der Waals surface area (Å²) in [5.41, 5.74) is 3.02. The van der Waals surface area contributed by atoms with Gasteiger partial charge in [-0.15, -0.1) is 0 Å². The summed E-state index contributed by atoms with van der Waals surface area (Å²) in [4.78, 5) is 0. The molecule has 0 aromatic heterocycles. The van der Waals surface area contributed by atoms with Gasteiger partial charge in [0.2, 0.25) is 0 Å². The second kappa shape index (κ2) is 6.53. The van der Waals surface area contributed by atoms with Crippen molar-refractivity contribution in [1.82, 2.24) is 0 Å². The Bertz CT molecular complexity index is 599. The van der Waals surface area contributed by atoms with Crippen LogP contribution < -0.4 is 14.8 Å². The minimum atomic E-state index is 0.572. The van der Waals surface area contributed by atoms with Crippen molar-refractivity contribution in [2.24, 2.45) is 0 Å². The van der Waals surface area contributed by atoms with Crippen molar-refractivity contribution in [2.75, 3.05) is 19.5 Å². The van der Waals surface area contributed by atoms with E-state index in [1.807, 2.05) is 43.3 Å². The number of rotatable bonds is 5. The topological polar surface area (TPSA) is 30.5 Å². The minimum absolute atomic E-state index is 0.572. The van der Waals surface area contributed by atoms with Crippen LogP contribution in [0.3, 0.4) is 0 Å². The third-order valence-corrected chi connectivity index (χ3v) is 3.46. The average molecular weight is 292 g/mol. The summed E-state index contributed by atoms with van der Waals surface area (Å²) in [7, 11) is 3.30. The van der Waals surface area contributed by atoms with E-state index in [-0.39, 0.29) is 0 Å². The van der Waals surface area contributed by atoms with Crippen LogP contribution in [0.2, 0.25) is 5.02 Å². The largest absolute Gasteiger partial charge is 0.496 e. The van der Waals surface area contributed by atoms with Crippen LogP contribution in [0.1, 0.15) is 11.1 Å². The van der Waals surface area contributed by atoms with Crippen molar-refractivity contribution in [1.29, 1.82) is 0 Å². The van der Waals surface area contributed by atoms with Crippen LogP contribution in [0.5, 0.6) is 11.5 Å². The highest BCUT2D eigenvalue weighted by atomic mass is 35.5. The van der Waals surface area contributed by atoms with E-state index < -0.39 is 0 Å². The van der Waals surface area contributed by atoms with E-state index in [1.165, 1.54) is 0 Å². The maximum Gasteiger partial charge on any atom is 0.142 e. The minimum Gasteiger partial charge on any atom is -0.496 e. The molecule has 20 heavy (non-hydrogen) atoms. The number of halogens is 1. The Balaban J connectivity index is 2.21. The number of hydrogen-bond donors (Lipinski definition) is 1. The molecule has 0 heterocycles. The monoisotopic (exact) mass is 291 g/mol. The normalized spacial score (nSPS) is 10.2. The number of methoxy groups -OCH3 is 2. The third kappa shape index (κ3) is 3.17. The van der Waals surface area contributed by atoms with Gasteiger partial charge in [-0.25, -0.2) is 0 Å². The summed E-state index contributed by atoms with van der Waals surface area (Å²) >= 11 is 6.22. The fourth-order valence-electron chi connectivity index (χ4n) is 2.03. The summed E-state index contributed by atoms with van der Waals surface area (Å²) < 4.78 is 10.7. The summed E-state index contributed by atoms with van der Waals surface area (Å²) in [6.45, 7) is 2.60. The van der Waals surface area contributed by atoms with Gasteiger partial charge in [-0.05, 0) is 36.8 Å². The SMILES string of the molecule is COc1cc(C)ccc1NCc1c(Cl)cccc1OC. The van der Waals surface area contributed by atoms with Crippen LogP contribution in [0.15, 0.2) is 36.4 Å². The highest BCUT2D eigenvalue weighted by Crippen LogP contribution is 2.30. The molecule has 0 radical (unpaired) electrons. The Morgan fingerprint density at radius 1 is 1.05 bits per heavy atom. The highest BCUT2D eigenvalue weighted by Gasteiger charge is 2.09. The summed E-state index contributed by atoms with van der Waals surface area (Å²) in [5.74, 6) is 1.59. The first-order chi connectivity index (χ1) is 9.65. The van der Waals surface area contributed by atoms with Crippen LogP contribution in [0.25, 0.3) is 0 Å². The molecule has 2 aromatic rings. The predicted molar refractivity (Wildman–Crippen MR) is 83.1 cm³/mol. The average Bonchev–Trinajstić information content (AvgIpc) is 2.46. The first-order valence-corrected chi connectivity index (χ1v) is 6.73. The Kier molecular flexibility index (Phi) is 4.74. The van der Waals surface area contributed by atoms with Crippen molar-refractivity contribution < 1.29 is 9.47 Å². The van der Waals surface area contributed by atoms with Crippen LogP contribution in [-0.4, -0.2) is 14.2 Å². The summed E-state index contributed by atoms with van der Waals surface area (Å²) in [5, 5.41) is 4.02. The van der Waals surface area contributed by atoms with E-state index >= 15 is 0 Å². The molecule has 0 bridgehead atoms. The number of hydrogen-bond acceptors (Lipinski definition) is 3. The molecule has 2 aromatic carbocycles. The number of benzene rings is 2. The van der Waals surface area contributed by atoms with E-state index in [2.05, 4.69) is 5.32 Å². The molecule has 0 amide bonds. The van der Waals surface area contributed by atoms with Crippen molar-refractivity contribution in [2.45, 2.75) is 13.5 Å². The standard InChI is InChI=1S/C16H18ClNO2/c1-11-7-8-14(16(9-11)20-3)18-10-12-13(17)5-4-6-15(12)19-2/h4-9,18H,10H2,1-3H3. The van der Waals surface area contributed by atoms with Gasteiger partial charge < -0.3 is 14.8 Å². The quantitative estimate of drug-likeness (QED) is 0.892. The molecule has 0 unspecified atom stereocenters. The molecular weight excluding hydrogens is 274 g/mol. The second-order valence-electron chi connectivity index (χ2n) is 4.48. The van der Waals surface area contributed by atoms with Gasteiger partial charge >= 0.3 is 0 Å². The number of anilines is 1. The van der Waals surface area contributed by atoms with Crippen LogP contribution in [0.4, 0.5) is 5.69 Å². The Morgan fingerprint density at radius 3 is 2.50 bits per heavy atom. The van der Waals surface area contributed by atoms with Gasteiger partial charge in [0.05, 0.1) is 19.9 Å². The highest BCUT2D eigenvalue weighted by molar-refractivity contribution is 6.31. The van der Waals surface area contributed by atoms with Crippen molar-refractivity contribution >= 4 is 17.3 Å². The van der Waals surface area contributed by atoms with E-state index in [9.17, 15) is 0 Å². The lowest BCUT2D eigenvalue weighted by Gasteiger charge is -2.14. The molecule has 0 fully saturated rings. The van der Waals surface area contributed by atoms with Gasteiger partial charge in [-0.1, -0.05) is 23.7 Å². The van der Waals surface area contributed by atoms with E-state index in [0.717, 1.165) is 28.3 Å². The molecule has 0 spiro atoms. The van der Waals surface area contributed by atoms with Crippen LogP contribution >= 0.6 is 11.6 Å². The Morgan fingerprint density at radius 2 is 1.80 bits per heavy atom. The molecule has 4 heteroatoms. The van der Waals surface area contributed by atoms with Crippen LogP contribution in [0, 0.1) is 6.92 Å². The summed E-state index contributed by atoms with van der Waals surface area (Å²) in [6, 6.07) is 11.7. The number of nitrogens with one attached hydrogen (secondary N) is 1. The fraction of sp³-hybridized carbons (Fsp3) is 0.250. The zero-order chi connectivity index (χ0) is 14.5. The molecule has 0 aliphatic heterocycles. The zero-order valence-electron chi connectivity index (χ0n) is 11.9. The second-order valence-corrected chi connectivity index (χ2v) is 4.89. The van der Waals surface area contributed by atoms with Crippen molar-refractivity contribution in [3.63, 3.8) is 0 Å². The fourth-order valence-corrected chi connectivity index (χ4v) is 2.26. The predicted octanol–water partition coefficient (Wildman–Crippen LogP) is 4.28. The molecule has 2 rings (SSSR count). The molecule has 0 atom stereocenters. The van der Waals surface area contributed by atoms with Gasteiger partial charge in [-0.2, -0.15) is 0 Å². The van der Waals surface area contributed by atoms with Gasteiger partial charge in [0.15, 0.2) is 0 Å². The van der Waals surface area contributed by atoms with E-state index in [1.54, 1.807) is 14.2 Å². The van der Waals surface area contributed by atoms with Gasteiger partial charge in [0.25, 0.3) is 0 Å². The molecule has 106 valence electrons. The molecular formula is C16H18ClNO2. The van der Waals surface area contributed by atoms with E-state index in [4.69, 9.17) is 21.1 Å². The lowest BCUT2D eigenvalue weighted by atomic mass is 10.1. The van der Waals surface area contributed by atoms with Gasteiger partial charge in [0.1, 0.15) is 11.5 Å². The van der Waals surface area contributed by atoms with Crippen LogP contribution in [-0.2, 0) is 6.54 Å². The maximum absolute atomic E-state index is 6.22. The number of aryl methyl sites for hydroxylation is 1. The molecule has 0 aliphatic carbocycles. The lowest BCUT2D eigenvalue weighted by Crippen LogP contribution is -2.04. The van der Waals surface area contributed by atoms with Gasteiger partial charge in [0, 0.05) is 17.1 Å². The molecule has 0 saturated heterocycles. The Labute approximate surface area is 124 Å². The molecule has 0 aliphatic rings. The zero-order valence-corrected chi connectivity index (χ0v) is 12.6.